The second kappa shape index (κ2) is 12.6. The Bertz CT molecular complexity index is 1590. The summed E-state index contributed by atoms with van der Waals surface area (Å²) in [4.78, 5) is 27.1. The zero-order chi connectivity index (χ0) is 28.8. The summed E-state index contributed by atoms with van der Waals surface area (Å²) in [7, 11) is 0. The highest BCUT2D eigenvalue weighted by atomic mass is 16.5. The van der Waals surface area contributed by atoms with Crippen LogP contribution in [0, 0.1) is 5.92 Å². The first kappa shape index (κ1) is 27.6. The molecular formula is C36H34N2O4. The number of aromatic nitrogens is 2. The molecule has 0 amide bonds. The molecule has 1 heterocycles. The molecule has 3 atom stereocenters. The summed E-state index contributed by atoms with van der Waals surface area (Å²) in [5.41, 5.74) is 2.50. The molecule has 212 valence electrons. The molecule has 1 fully saturated rings. The fourth-order valence-electron chi connectivity index (χ4n) is 6.21. The molecule has 1 saturated carbocycles. The second-order valence-electron chi connectivity index (χ2n) is 10.8. The number of nitrogens with one attached hydrogen (secondary N) is 1. The standard InChI is InChI=1S/C36H34N2O4/c39-33-23-24-38(35(40)37-33)32-22-21-28(34(32)41-25-27-13-5-1-6-14-27)26-42-36(29-15-7-2-8-16-29,30-17-9-3-10-18-30)31-19-11-4-12-20-31/h1-20,23-24,28,32,34H,21-22,25-26H2,(H,37,39,40)/t28-,32-,34-/m1/s1. The number of aromatic amines is 1. The average molecular weight is 559 g/mol. The van der Waals surface area contributed by atoms with Crippen molar-refractivity contribution in [2.24, 2.45) is 5.92 Å². The van der Waals surface area contributed by atoms with Gasteiger partial charge in [0.2, 0.25) is 0 Å². The molecule has 6 rings (SSSR count). The SMILES string of the molecule is O=c1ccn([C@@H]2CC[C@H](COC(c3ccccc3)(c3ccccc3)c3ccccc3)[C@H]2OCc2ccccc2)c(=O)[nH]1. The van der Waals surface area contributed by atoms with E-state index in [0.29, 0.717) is 13.2 Å². The zero-order valence-electron chi connectivity index (χ0n) is 23.3. The van der Waals surface area contributed by atoms with Crippen LogP contribution in [0.1, 0.15) is 41.1 Å². The van der Waals surface area contributed by atoms with E-state index in [1.54, 1.807) is 10.8 Å². The summed E-state index contributed by atoms with van der Waals surface area (Å²) in [6.45, 7) is 0.824. The number of hydrogen-bond donors (Lipinski definition) is 1. The van der Waals surface area contributed by atoms with Gasteiger partial charge in [0.1, 0.15) is 5.60 Å². The van der Waals surface area contributed by atoms with E-state index in [0.717, 1.165) is 35.1 Å². The summed E-state index contributed by atoms with van der Waals surface area (Å²) >= 11 is 0. The van der Waals surface area contributed by atoms with Crippen LogP contribution in [-0.4, -0.2) is 22.3 Å². The molecule has 0 saturated heterocycles. The minimum absolute atomic E-state index is 0.00746. The molecule has 1 aliphatic rings. The van der Waals surface area contributed by atoms with Crippen LogP contribution < -0.4 is 11.2 Å². The quantitative estimate of drug-likeness (QED) is 0.211. The first-order chi connectivity index (χ1) is 20.6. The maximum atomic E-state index is 12.8. The van der Waals surface area contributed by atoms with Crippen LogP contribution in [-0.2, 0) is 21.7 Å². The van der Waals surface area contributed by atoms with Gasteiger partial charge in [0.05, 0.1) is 25.4 Å². The maximum Gasteiger partial charge on any atom is 0.328 e. The zero-order valence-corrected chi connectivity index (χ0v) is 23.3. The van der Waals surface area contributed by atoms with Crippen LogP contribution in [0.5, 0.6) is 0 Å². The van der Waals surface area contributed by atoms with Crippen molar-refractivity contribution in [2.45, 2.75) is 37.2 Å². The van der Waals surface area contributed by atoms with Crippen LogP contribution in [0.4, 0.5) is 0 Å². The summed E-state index contributed by atoms with van der Waals surface area (Å²) in [6.07, 6.45) is 2.82. The predicted molar refractivity (Wildman–Crippen MR) is 163 cm³/mol. The predicted octanol–water partition coefficient (Wildman–Crippen LogP) is 6.08. The van der Waals surface area contributed by atoms with Crippen molar-refractivity contribution < 1.29 is 9.47 Å². The van der Waals surface area contributed by atoms with E-state index in [-0.39, 0.29) is 18.1 Å². The molecule has 0 spiro atoms. The van der Waals surface area contributed by atoms with Gasteiger partial charge < -0.3 is 9.47 Å². The molecule has 4 aromatic carbocycles. The third-order valence-corrected chi connectivity index (χ3v) is 8.23. The van der Waals surface area contributed by atoms with Crippen molar-refractivity contribution in [3.8, 4) is 0 Å². The summed E-state index contributed by atoms with van der Waals surface area (Å²) in [5, 5.41) is 0. The maximum absolute atomic E-state index is 12.8. The Kier molecular flexibility index (Phi) is 8.26. The Labute approximate surface area is 245 Å². The van der Waals surface area contributed by atoms with Gasteiger partial charge in [-0.05, 0) is 35.1 Å². The van der Waals surface area contributed by atoms with E-state index in [2.05, 4.69) is 41.4 Å². The van der Waals surface area contributed by atoms with Gasteiger partial charge in [0.25, 0.3) is 5.56 Å². The van der Waals surface area contributed by atoms with Gasteiger partial charge in [-0.3, -0.25) is 14.3 Å². The Morgan fingerprint density at radius 1 is 0.690 bits per heavy atom. The van der Waals surface area contributed by atoms with Crippen LogP contribution >= 0.6 is 0 Å². The van der Waals surface area contributed by atoms with Crippen LogP contribution in [0.25, 0.3) is 0 Å². The Hall–Kier alpha value is -4.52. The lowest BCUT2D eigenvalue weighted by Crippen LogP contribution is -2.39. The number of hydrogen-bond acceptors (Lipinski definition) is 4. The van der Waals surface area contributed by atoms with E-state index in [4.69, 9.17) is 9.47 Å². The minimum Gasteiger partial charge on any atom is -0.371 e. The largest absolute Gasteiger partial charge is 0.371 e. The average Bonchev–Trinajstić information content (AvgIpc) is 3.44. The molecule has 6 nitrogen and oxygen atoms in total. The van der Waals surface area contributed by atoms with Crippen molar-refractivity contribution in [1.82, 2.24) is 9.55 Å². The van der Waals surface area contributed by atoms with Crippen LogP contribution in [0.2, 0.25) is 0 Å². The first-order valence-electron chi connectivity index (χ1n) is 14.4. The van der Waals surface area contributed by atoms with Crippen molar-refractivity contribution >= 4 is 0 Å². The number of benzene rings is 4. The van der Waals surface area contributed by atoms with Gasteiger partial charge in [0.15, 0.2) is 0 Å². The summed E-state index contributed by atoms with van der Waals surface area (Å²) in [5.74, 6) is 0.00746. The smallest absolute Gasteiger partial charge is 0.328 e. The lowest BCUT2D eigenvalue weighted by Gasteiger charge is -2.37. The molecule has 1 aromatic heterocycles. The Morgan fingerprint density at radius 2 is 1.21 bits per heavy atom. The number of H-pyrrole nitrogens is 1. The van der Waals surface area contributed by atoms with Gasteiger partial charge in [-0.15, -0.1) is 0 Å². The van der Waals surface area contributed by atoms with Gasteiger partial charge in [-0.2, -0.15) is 0 Å². The van der Waals surface area contributed by atoms with Crippen molar-refractivity contribution in [2.75, 3.05) is 6.61 Å². The van der Waals surface area contributed by atoms with E-state index >= 15 is 0 Å². The van der Waals surface area contributed by atoms with Gasteiger partial charge in [0, 0.05) is 18.2 Å². The molecule has 0 radical (unpaired) electrons. The van der Waals surface area contributed by atoms with E-state index in [9.17, 15) is 9.59 Å². The molecule has 5 aromatic rings. The summed E-state index contributed by atoms with van der Waals surface area (Å²) < 4.78 is 15.4. The van der Waals surface area contributed by atoms with E-state index in [1.165, 1.54) is 6.07 Å². The molecule has 1 aliphatic carbocycles. The lowest BCUT2D eigenvalue weighted by atomic mass is 9.80. The highest BCUT2D eigenvalue weighted by molar-refractivity contribution is 5.47. The fourth-order valence-corrected chi connectivity index (χ4v) is 6.21. The minimum atomic E-state index is -0.847. The highest BCUT2D eigenvalue weighted by Crippen LogP contribution is 2.43. The third-order valence-electron chi connectivity index (χ3n) is 8.23. The molecule has 0 aliphatic heterocycles. The fraction of sp³-hybridized carbons (Fsp3) is 0.222. The Morgan fingerprint density at radius 3 is 1.74 bits per heavy atom. The first-order valence-corrected chi connectivity index (χ1v) is 14.4. The molecule has 1 N–H and O–H groups in total. The van der Waals surface area contributed by atoms with Crippen molar-refractivity contribution in [3.05, 3.63) is 177 Å². The van der Waals surface area contributed by atoms with Gasteiger partial charge in [-0.25, -0.2) is 4.79 Å². The lowest BCUT2D eigenvalue weighted by molar-refractivity contribution is -0.0635. The topological polar surface area (TPSA) is 73.3 Å². The molecule has 6 heteroatoms. The molecule has 42 heavy (non-hydrogen) atoms. The van der Waals surface area contributed by atoms with Crippen LogP contribution in [0.15, 0.2) is 143 Å². The van der Waals surface area contributed by atoms with E-state index in [1.807, 2.05) is 84.9 Å². The van der Waals surface area contributed by atoms with Crippen molar-refractivity contribution in [3.63, 3.8) is 0 Å². The summed E-state index contributed by atoms with van der Waals surface area (Å²) in [6, 6.07) is 42.2. The number of rotatable bonds is 10. The molecular weight excluding hydrogens is 524 g/mol. The third kappa shape index (κ3) is 5.64. The monoisotopic (exact) mass is 558 g/mol. The Balaban J connectivity index is 1.37. The highest BCUT2D eigenvalue weighted by Gasteiger charge is 2.43. The van der Waals surface area contributed by atoms with Gasteiger partial charge >= 0.3 is 5.69 Å². The van der Waals surface area contributed by atoms with Crippen LogP contribution in [0.3, 0.4) is 0 Å². The number of ether oxygens (including phenoxy) is 2. The second-order valence-corrected chi connectivity index (χ2v) is 10.8. The van der Waals surface area contributed by atoms with Gasteiger partial charge in [-0.1, -0.05) is 121 Å². The van der Waals surface area contributed by atoms with E-state index < -0.39 is 16.9 Å². The normalized spacial score (nSPS) is 18.6. The number of nitrogens with zero attached hydrogens (tertiary/aromatic N) is 1. The van der Waals surface area contributed by atoms with Crippen molar-refractivity contribution in [1.29, 1.82) is 0 Å². The molecule has 0 unspecified atom stereocenters. The molecule has 0 bridgehead atoms.